The molecular formula is C6H12FeO9S. The molecule has 0 radical (unpaired) electrons. The second-order valence-electron chi connectivity index (χ2n) is 2.84. The van der Waals surface area contributed by atoms with Gasteiger partial charge in [0.1, 0.15) is 24.9 Å². The molecule has 0 bridgehead atoms. The second kappa shape index (κ2) is 8.08. The Morgan fingerprint density at radius 2 is 1.71 bits per heavy atom. The molecule has 0 amide bonds. The molecule has 0 heterocycles. The smallest absolute Gasteiger partial charge is 0.394 e. The maximum Gasteiger partial charge on any atom is 0.397 e. The molecule has 0 aliphatic heterocycles. The maximum atomic E-state index is 10.9. The van der Waals surface area contributed by atoms with Gasteiger partial charge in [0.25, 0.3) is 0 Å². The van der Waals surface area contributed by atoms with E-state index in [1.54, 1.807) is 0 Å². The minimum absolute atomic E-state index is 0. The summed E-state index contributed by atoms with van der Waals surface area (Å²) < 4.78 is 31.9. The molecule has 0 aliphatic carbocycles. The monoisotopic (exact) mass is 316 g/mol. The third-order valence-corrected chi connectivity index (χ3v) is 2.00. The van der Waals surface area contributed by atoms with Crippen molar-refractivity contribution in [1.82, 2.24) is 0 Å². The van der Waals surface area contributed by atoms with Crippen molar-refractivity contribution in [1.29, 1.82) is 0 Å². The number of rotatable bonds is 7. The molecule has 3 atom stereocenters. The fourth-order valence-electron chi connectivity index (χ4n) is 0.727. The number of ketones is 1. The van der Waals surface area contributed by atoms with Crippen LogP contribution in [0.4, 0.5) is 0 Å². The van der Waals surface area contributed by atoms with Gasteiger partial charge in [0, 0.05) is 17.1 Å². The van der Waals surface area contributed by atoms with Crippen molar-refractivity contribution in [3.05, 3.63) is 0 Å². The number of carbonyl (C=O) groups is 1. The van der Waals surface area contributed by atoms with E-state index in [-0.39, 0.29) is 17.1 Å². The first-order valence-corrected chi connectivity index (χ1v) is 5.35. The van der Waals surface area contributed by atoms with E-state index >= 15 is 0 Å². The summed E-state index contributed by atoms with van der Waals surface area (Å²) in [6.45, 7) is -2.10. The normalized spacial score (nSPS) is 16.8. The summed E-state index contributed by atoms with van der Waals surface area (Å²) >= 11 is 0. The Kier molecular flexibility index (Phi) is 9.15. The Balaban J connectivity index is 0. The fourth-order valence-corrected chi connectivity index (χ4v) is 0.992. The summed E-state index contributed by atoms with van der Waals surface area (Å²) in [5.74, 6) is -1.28. The van der Waals surface area contributed by atoms with Crippen molar-refractivity contribution in [3.8, 4) is 0 Å². The largest absolute Gasteiger partial charge is 0.397 e. The SMILES string of the molecule is O=C(COS(=O)(=O)O)[C@H](O)[C@@H](O)[C@H](O)CO.[Fe]. The van der Waals surface area contributed by atoms with E-state index in [1.807, 2.05) is 0 Å². The van der Waals surface area contributed by atoms with Crippen molar-refractivity contribution in [2.24, 2.45) is 0 Å². The van der Waals surface area contributed by atoms with Crippen molar-refractivity contribution in [2.75, 3.05) is 13.2 Å². The van der Waals surface area contributed by atoms with Crippen LogP contribution in [0.2, 0.25) is 0 Å². The number of Topliss-reactive ketones (excluding diaryl/α,β-unsaturated/α-hetero) is 1. The molecule has 17 heavy (non-hydrogen) atoms. The molecule has 0 aromatic rings. The predicted molar refractivity (Wildman–Crippen MR) is 47.6 cm³/mol. The third kappa shape index (κ3) is 7.76. The van der Waals surface area contributed by atoms with Gasteiger partial charge in [-0.05, 0) is 0 Å². The molecule has 0 aromatic heterocycles. The zero-order valence-corrected chi connectivity index (χ0v) is 10.2. The topological polar surface area (TPSA) is 162 Å². The Bertz CT molecular complexity index is 328. The summed E-state index contributed by atoms with van der Waals surface area (Å²) in [6.07, 6.45) is -5.88. The van der Waals surface area contributed by atoms with Gasteiger partial charge in [-0.25, -0.2) is 4.18 Å². The number of aliphatic hydroxyl groups excluding tert-OH is 4. The summed E-state index contributed by atoms with van der Waals surface area (Å²) in [7, 11) is -4.83. The molecule has 5 N–H and O–H groups in total. The number of carbonyl (C=O) groups excluding carboxylic acids is 1. The minimum Gasteiger partial charge on any atom is -0.394 e. The van der Waals surface area contributed by atoms with Crippen LogP contribution in [-0.2, 0) is 36.4 Å². The molecule has 0 spiro atoms. The molecule has 0 fully saturated rings. The molecule has 0 saturated carbocycles. The van der Waals surface area contributed by atoms with E-state index in [1.165, 1.54) is 0 Å². The van der Waals surface area contributed by atoms with Gasteiger partial charge in [-0.15, -0.1) is 0 Å². The standard InChI is InChI=1S/C6H12O9S.Fe/c7-1-3(8)5(10)6(11)4(9)2-15-16(12,13)14;/h3,5-8,10-11H,1-2H2,(H,12,13,14);/t3-,5+,6+;/m1./s1. The molecule has 9 nitrogen and oxygen atoms in total. The molecule has 104 valence electrons. The van der Waals surface area contributed by atoms with Crippen molar-refractivity contribution >= 4 is 16.2 Å². The van der Waals surface area contributed by atoms with Crippen LogP contribution in [0.15, 0.2) is 0 Å². The van der Waals surface area contributed by atoms with Crippen LogP contribution in [0, 0.1) is 0 Å². The van der Waals surface area contributed by atoms with Crippen LogP contribution >= 0.6 is 0 Å². The Hall–Kier alpha value is -0.101. The quantitative estimate of drug-likeness (QED) is 0.236. The van der Waals surface area contributed by atoms with Crippen LogP contribution in [-0.4, -0.2) is 70.7 Å². The predicted octanol–water partition coefficient (Wildman–Crippen LogP) is -3.55. The van der Waals surface area contributed by atoms with Gasteiger partial charge < -0.3 is 20.4 Å². The van der Waals surface area contributed by atoms with E-state index in [0.717, 1.165) is 0 Å². The fraction of sp³-hybridized carbons (Fsp3) is 0.833. The molecule has 11 heteroatoms. The molecule has 0 aliphatic rings. The van der Waals surface area contributed by atoms with Crippen molar-refractivity contribution in [3.63, 3.8) is 0 Å². The van der Waals surface area contributed by atoms with Gasteiger partial charge >= 0.3 is 10.4 Å². The molecular weight excluding hydrogens is 304 g/mol. The van der Waals surface area contributed by atoms with Crippen molar-refractivity contribution in [2.45, 2.75) is 18.3 Å². The zero-order chi connectivity index (χ0) is 12.9. The van der Waals surface area contributed by atoms with E-state index in [4.69, 9.17) is 25.0 Å². The van der Waals surface area contributed by atoms with E-state index < -0.39 is 47.7 Å². The Labute approximate surface area is 107 Å². The van der Waals surface area contributed by atoms with Crippen LogP contribution in [0.25, 0.3) is 0 Å². The van der Waals surface area contributed by atoms with Crippen LogP contribution < -0.4 is 0 Å². The summed E-state index contributed by atoms with van der Waals surface area (Å²) in [4.78, 5) is 10.9. The van der Waals surface area contributed by atoms with Gasteiger partial charge in [0.15, 0.2) is 5.78 Å². The average Bonchev–Trinajstić information content (AvgIpc) is 2.21. The van der Waals surface area contributed by atoms with Crippen molar-refractivity contribution < 1.29 is 59.4 Å². The van der Waals surface area contributed by atoms with Gasteiger partial charge in [-0.3, -0.25) is 9.35 Å². The first kappa shape index (κ1) is 19.2. The second-order valence-corrected chi connectivity index (χ2v) is 3.93. The van der Waals surface area contributed by atoms with E-state index in [9.17, 15) is 13.2 Å². The third-order valence-electron chi connectivity index (χ3n) is 1.58. The molecule has 0 rings (SSSR count). The number of aliphatic hydroxyl groups is 4. The summed E-state index contributed by atoms with van der Waals surface area (Å²) in [5.41, 5.74) is 0. The Morgan fingerprint density at radius 3 is 2.06 bits per heavy atom. The van der Waals surface area contributed by atoms with Crippen LogP contribution in [0.1, 0.15) is 0 Å². The summed E-state index contributed by atoms with van der Waals surface area (Å²) in [5, 5.41) is 35.3. The Morgan fingerprint density at radius 1 is 1.24 bits per heavy atom. The van der Waals surface area contributed by atoms with Gasteiger partial charge in [-0.1, -0.05) is 0 Å². The maximum absolute atomic E-state index is 10.9. The van der Waals surface area contributed by atoms with Gasteiger partial charge in [-0.2, -0.15) is 8.42 Å². The minimum atomic E-state index is -4.83. The van der Waals surface area contributed by atoms with E-state index in [2.05, 4.69) is 4.18 Å². The number of hydrogen-bond donors (Lipinski definition) is 5. The first-order valence-electron chi connectivity index (χ1n) is 3.98. The van der Waals surface area contributed by atoms with Crippen LogP contribution in [0.5, 0.6) is 0 Å². The average molecular weight is 316 g/mol. The molecule has 0 unspecified atom stereocenters. The number of hydrogen-bond acceptors (Lipinski definition) is 8. The summed E-state index contributed by atoms with van der Waals surface area (Å²) in [6, 6.07) is 0. The van der Waals surface area contributed by atoms with Gasteiger partial charge in [0.05, 0.1) is 6.61 Å². The van der Waals surface area contributed by atoms with Gasteiger partial charge in [0.2, 0.25) is 0 Å². The van der Waals surface area contributed by atoms with Crippen LogP contribution in [0.3, 0.4) is 0 Å². The molecule has 0 aromatic carbocycles. The first-order chi connectivity index (χ1) is 7.19. The molecule has 0 saturated heterocycles. The van der Waals surface area contributed by atoms with E-state index in [0.29, 0.717) is 0 Å². The zero-order valence-electron chi connectivity index (χ0n) is 8.28.